The zero-order valence-corrected chi connectivity index (χ0v) is 26.3. The van der Waals surface area contributed by atoms with E-state index in [1.165, 1.54) is 0 Å². The Balaban J connectivity index is 0.00000300. The van der Waals surface area contributed by atoms with E-state index in [4.69, 9.17) is 19.9 Å². The van der Waals surface area contributed by atoms with Crippen LogP contribution in [-0.4, -0.2) is 9.97 Å². The van der Waals surface area contributed by atoms with Gasteiger partial charge in [-0.3, -0.25) is 0 Å². The number of benzene rings is 4. The normalized spacial score (nSPS) is 11.8. The Bertz CT molecular complexity index is 2210. The minimum Gasteiger partial charge on any atom is -0.656 e. The Labute approximate surface area is 271 Å². The molecule has 0 fully saturated rings. The third-order valence-electron chi connectivity index (χ3n) is 9.49. The number of hydrogen-bond acceptors (Lipinski definition) is 2. The van der Waals surface area contributed by atoms with Crippen LogP contribution in [0.15, 0.2) is 97.1 Å². The van der Waals surface area contributed by atoms with Crippen LogP contribution in [0.3, 0.4) is 0 Å². The van der Waals surface area contributed by atoms with Gasteiger partial charge in [0.25, 0.3) is 0 Å². The minimum atomic E-state index is 0. The van der Waals surface area contributed by atoms with Crippen LogP contribution < -0.4 is 9.97 Å². The van der Waals surface area contributed by atoms with Crippen LogP contribution in [-0.2, 0) is 17.1 Å². The van der Waals surface area contributed by atoms with Crippen molar-refractivity contribution in [2.24, 2.45) is 0 Å². The second kappa shape index (κ2) is 10.0. The van der Waals surface area contributed by atoms with Crippen LogP contribution in [0.2, 0.25) is 0 Å². The predicted octanol–water partition coefficient (Wildman–Crippen LogP) is 9.78. The number of aromatic nitrogens is 4. The first-order chi connectivity index (χ1) is 21.5. The Kier molecular flexibility index (Phi) is 6.15. The molecule has 4 aromatic carbocycles. The largest absolute Gasteiger partial charge is 2.00 e. The fourth-order valence-electron chi connectivity index (χ4n) is 7.25. The summed E-state index contributed by atoms with van der Waals surface area (Å²) in [5.74, 6) is 0. The molecule has 3 aromatic heterocycles. The molecular formula is C40H28CuN4. The zero-order chi connectivity index (χ0) is 29.7. The Morgan fingerprint density at radius 3 is 0.822 bits per heavy atom. The van der Waals surface area contributed by atoms with Crippen LogP contribution in [0, 0.1) is 27.7 Å². The second-order valence-corrected chi connectivity index (χ2v) is 11.9. The van der Waals surface area contributed by atoms with Crippen LogP contribution >= 0.6 is 0 Å². The van der Waals surface area contributed by atoms with Crippen molar-refractivity contribution in [2.45, 2.75) is 27.7 Å². The standard InChI is InChI=1S/C40H28N4.Cu/c1-21-33-25-13-5-7-15-27(25)35(41-33)22(2)37-29-17-9-11-19-31(29)39(43-37)24(4)40-32-20-12-10-18-30(32)38(44-40)23(3)36-28-16-8-6-14-26(28)34(21)42-36;/h5-20H,1-4H3;/q-2;+2. The van der Waals surface area contributed by atoms with E-state index >= 15 is 0 Å². The van der Waals surface area contributed by atoms with E-state index in [0.717, 1.165) is 111 Å². The summed E-state index contributed by atoms with van der Waals surface area (Å²) < 4.78 is 0. The number of nitrogens with zero attached hydrogens (tertiary/aromatic N) is 4. The molecule has 0 saturated heterocycles. The Hall–Kier alpha value is -4.96. The predicted molar refractivity (Wildman–Crippen MR) is 182 cm³/mol. The smallest absolute Gasteiger partial charge is 0.656 e. The number of hydrogen-bond donors (Lipinski definition) is 0. The van der Waals surface area contributed by atoms with E-state index in [1.807, 2.05) is 0 Å². The molecule has 0 amide bonds. The Morgan fingerprint density at radius 1 is 0.356 bits per heavy atom. The first-order valence-electron chi connectivity index (χ1n) is 15.1. The maximum absolute atomic E-state index is 5.38. The van der Waals surface area contributed by atoms with Gasteiger partial charge < -0.3 is 9.97 Å². The van der Waals surface area contributed by atoms with Crippen LogP contribution in [0.25, 0.3) is 88.6 Å². The topological polar surface area (TPSA) is 54.0 Å². The van der Waals surface area contributed by atoms with Crippen molar-refractivity contribution < 1.29 is 17.1 Å². The summed E-state index contributed by atoms with van der Waals surface area (Å²) in [5.41, 5.74) is 16.5. The number of rotatable bonds is 0. The van der Waals surface area contributed by atoms with Gasteiger partial charge in [-0.15, -0.1) is 22.1 Å². The molecule has 1 radical (unpaired) electrons. The van der Waals surface area contributed by atoms with Gasteiger partial charge >= 0.3 is 17.1 Å². The fraction of sp³-hybridized carbons (Fsp3) is 0.100. The van der Waals surface area contributed by atoms with Gasteiger partial charge in [0.05, 0.1) is 22.8 Å². The molecule has 0 spiro atoms. The van der Waals surface area contributed by atoms with Gasteiger partial charge in [0.2, 0.25) is 0 Å². The third-order valence-corrected chi connectivity index (χ3v) is 9.49. The number of aryl methyl sites for hydroxylation is 4. The average molecular weight is 628 g/mol. The van der Waals surface area contributed by atoms with Gasteiger partial charge in [0.1, 0.15) is 0 Å². The van der Waals surface area contributed by atoms with E-state index in [2.05, 4.69) is 125 Å². The first kappa shape index (κ1) is 27.6. The molecule has 45 heavy (non-hydrogen) atoms. The summed E-state index contributed by atoms with van der Waals surface area (Å²) in [4.78, 5) is 21.5. The van der Waals surface area contributed by atoms with Crippen LogP contribution in [0.4, 0.5) is 0 Å². The van der Waals surface area contributed by atoms with Crippen molar-refractivity contribution in [2.75, 3.05) is 0 Å². The maximum Gasteiger partial charge on any atom is 2.00 e. The van der Waals surface area contributed by atoms with Crippen molar-refractivity contribution in [3.05, 3.63) is 119 Å². The van der Waals surface area contributed by atoms with E-state index < -0.39 is 0 Å². The van der Waals surface area contributed by atoms with E-state index in [-0.39, 0.29) is 17.1 Å². The minimum absolute atomic E-state index is 0. The van der Waals surface area contributed by atoms with Gasteiger partial charge in [-0.05, 0) is 71.5 Å². The quantitative estimate of drug-likeness (QED) is 0.157. The second-order valence-electron chi connectivity index (χ2n) is 11.9. The SMILES string of the molecule is Cc1c2nc(c(C)c3[n-]c(c(C)c4nc(c(C)c5[n-]c1c1ccccc51)-c1ccccc1-4)c1ccccc31)-c1ccccc1-2.[Cu+2]. The van der Waals surface area contributed by atoms with Crippen molar-refractivity contribution in [1.82, 2.24) is 19.9 Å². The van der Waals surface area contributed by atoms with Gasteiger partial charge in [0.15, 0.2) is 0 Å². The van der Waals surface area contributed by atoms with Crippen LogP contribution in [0.5, 0.6) is 0 Å². The third kappa shape index (κ3) is 3.78. The summed E-state index contributed by atoms with van der Waals surface area (Å²) in [6.07, 6.45) is 0. The summed E-state index contributed by atoms with van der Waals surface area (Å²) in [6, 6.07) is 34.2. The fourth-order valence-corrected chi connectivity index (χ4v) is 7.25. The average Bonchev–Trinajstić information content (AvgIpc) is 3.84. The molecule has 9 rings (SSSR count). The molecule has 0 atom stereocenters. The van der Waals surface area contributed by atoms with Crippen molar-refractivity contribution in [3.63, 3.8) is 0 Å². The molecule has 2 aliphatic heterocycles. The molecule has 7 aromatic rings. The molecule has 0 aliphatic carbocycles. The maximum atomic E-state index is 5.38. The summed E-state index contributed by atoms with van der Waals surface area (Å²) >= 11 is 0. The van der Waals surface area contributed by atoms with Crippen molar-refractivity contribution in [1.29, 1.82) is 0 Å². The molecule has 0 unspecified atom stereocenters. The summed E-state index contributed by atoms with van der Waals surface area (Å²) in [5, 5.41) is 4.52. The Morgan fingerprint density at radius 2 is 0.578 bits per heavy atom. The van der Waals surface area contributed by atoms with Crippen LogP contribution in [0.1, 0.15) is 22.3 Å². The molecule has 0 N–H and O–H groups in total. The monoisotopic (exact) mass is 627 g/mol. The van der Waals surface area contributed by atoms with Gasteiger partial charge in [-0.25, -0.2) is 9.97 Å². The molecule has 0 saturated carbocycles. The summed E-state index contributed by atoms with van der Waals surface area (Å²) in [6.45, 7) is 8.63. The van der Waals surface area contributed by atoms with Gasteiger partial charge in [0, 0.05) is 22.3 Å². The van der Waals surface area contributed by atoms with Crippen molar-refractivity contribution in [3.8, 4) is 45.0 Å². The molecular weight excluding hydrogens is 600 g/mol. The van der Waals surface area contributed by atoms with Crippen molar-refractivity contribution >= 4 is 43.6 Å². The zero-order valence-electron chi connectivity index (χ0n) is 25.3. The van der Waals surface area contributed by atoms with Gasteiger partial charge in [-0.1, -0.05) is 97.1 Å². The summed E-state index contributed by atoms with van der Waals surface area (Å²) in [7, 11) is 0. The molecule has 219 valence electrons. The molecule has 2 aliphatic rings. The van der Waals surface area contributed by atoms with E-state index in [0.29, 0.717) is 0 Å². The van der Waals surface area contributed by atoms with Gasteiger partial charge in [-0.2, -0.15) is 0 Å². The molecule has 5 heterocycles. The van der Waals surface area contributed by atoms with E-state index in [1.54, 1.807) is 0 Å². The van der Waals surface area contributed by atoms with E-state index in [9.17, 15) is 0 Å². The molecule has 8 bridgehead atoms. The molecule has 4 nitrogen and oxygen atoms in total. The first-order valence-corrected chi connectivity index (χ1v) is 15.1. The molecule has 5 heteroatoms. The number of fused-ring (bicyclic) bond motifs is 20.